The van der Waals surface area contributed by atoms with Crippen molar-refractivity contribution in [2.24, 2.45) is 0 Å². The minimum absolute atomic E-state index is 0.308. The molecule has 0 aromatic rings. The molecule has 0 aliphatic heterocycles. The summed E-state index contributed by atoms with van der Waals surface area (Å²) in [5.74, 6) is 0. The van der Waals surface area contributed by atoms with Crippen molar-refractivity contribution in [3.63, 3.8) is 0 Å². The van der Waals surface area contributed by atoms with Crippen molar-refractivity contribution in [1.82, 2.24) is 0 Å². The van der Waals surface area contributed by atoms with Crippen molar-refractivity contribution in [3.8, 4) is 0 Å². The average Bonchev–Trinajstić information content (AvgIpc) is 2.40. The molecule has 4 N–H and O–H groups in total. The molecule has 0 aromatic heterocycles. The van der Waals surface area contributed by atoms with Gasteiger partial charge in [-0.15, -0.1) is 0 Å². The lowest BCUT2D eigenvalue weighted by molar-refractivity contribution is -0.146. The molecular weight excluding hydrogens is 240 g/mol. The summed E-state index contributed by atoms with van der Waals surface area (Å²) < 4.78 is 5.14. The molecular formula is C12H24O6. The second kappa shape index (κ2) is 10.4. The van der Waals surface area contributed by atoms with Crippen molar-refractivity contribution in [2.45, 2.75) is 57.0 Å². The van der Waals surface area contributed by atoms with Crippen LogP contribution < -0.4 is 0 Å². The minimum atomic E-state index is -1.61. The number of aliphatic hydroxyl groups excluding tert-OH is 4. The molecule has 0 aliphatic carbocycles. The molecule has 0 amide bonds. The minimum Gasteiger partial charge on any atom is -0.394 e. The van der Waals surface area contributed by atoms with E-state index in [1.54, 1.807) is 0 Å². The second-order valence-electron chi connectivity index (χ2n) is 4.26. The third-order valence-electron chi connectivity index (χ3n) is 2.71. The highest BCUT2D eigenvalue weighted by Gasteiger charge is 2.31. The van der Waals surface area contributed by atoms with Crippen molar-refractivity contribution < 1.29 is 30.0 Å². The zero-order chi connectivity index (χ0) is 14.0. The van der Waals surface area contributed by atoms with E-state index in [0.29, 0.717) is 12.9 Å². The average molecular weight is 264 g/mol. The van der Waals surface area contributed by atoms with Gasteiger partial charge in [-0.3, -0.25) is 0 Å². The number of hydrogen-bond donors (Lipinski definition) is 4. The molecule has 0 aliphatic rings. The number of rotatable bonds is 11. The summed E-state index contributed by atoms with van der Waals surface area (Å²) in [4.78, 5) is 10.7. The normalized spacial score (nSPS) is 18.1. The quantitative estimate of drug-likeness (QED) is 0.288. The number of carbonyl (C=O) groups excluding carboxylic acids is 1. The number of unbranched alkanes of at least 4 members (excludes halogenated alkanes) is 3. The first kappa shape index (κ1) is 17.5. The Morgan fingerprint density at radius 1 is 1.11 bits per heavy atom. The molecule has 0 saturated carbocycles. The molecule has 6 heteroatoms. The van der Waals surface area contributed by atoms with E-state index in [1.807, 2.05) is 0 Å². The molecule has 0 unspecified atom stereocenters. The molecule has 18 heavy (non-hydrogen) atoms. The van der Waals surface area contributed by atoms with E-state index in [9.17, 15) is 15.0 Å². The van der Waals surface area contributed by atoms with Gasteiger partial charge in [-0.25, -0.2) is 0 Å². The van der Waals surface area contributed by atoms with Crippen LogP contribution in [0.5, 0.6) is 0 Å². The van der Waals surface area contributed by atoms with Crippen molar-refractivity contribution >= 4 is 6.29 Å². The number of hydrogen-bond acceptors (Lipinski definition) is 6. The Labute approximate surface area is 107 Å². The second-order valence-corrected chi connectivity index (χ2v) is 4.26. The molecule has 0 rings (SSSR count). The van der Waals surface area contributed by atoms with Crippen LogP contribution >= 0.6 is 0 Å². The first-order valence-corrected chi connectivity index (χ1v) is 6.30. The van der Waals surface area contributed by atoms with Crippen LogP contribution in [0, 0.1) is 0 Å². The fraction of sp³-hybridized carbons (Fsp3) is 0.917. The van der Waals surface area contributed by atoms with Gasteiger partial charge in [0.25, 0.3) is 0 Å². The molecule has 0 bridgehead atoms. The van der Waals surface area contributed by atoms with Crippen molar-refractivity contribution in [1.29, 1.82) is 0 Å². The number of aliphatic hydroxyl groups is 4. The van der Waals surface area contributed by atoms with Crippen LogP contribution in [0.15, 0.2) is 0 Å². The lowest BCUT2D eigenvalue weighted by Crippen LogP contribution is -2.47. The SMILES string of the molecule is CCCCCCO[C@@H](C=O)[C@@H](O)[C@H](O)[C@H](O)CO. The summed E-state index contributed by atoms with van der Waals surface area (Å²) in [6, 6.07) is 0. The summed E-state index contributed by atoms with van der Waals surface area (Å²) in [5.41, 5.74) is 0. The summed E-state index contributed by atoms with van der Waals surface area (Å²) in [7, 11) is 0. The predicted octanol–water partition coefficient (Wildman–Crippen LogP) is -0.774. The zero-order valence-corrected chi connectivity index (χ0v) is 10.7. The topological polar surface area (TPSA) is 107 Å². The van der Waals surface area contributed by atoms with Crippen LogP contribution in [-0.4, -0.2) is 64.3 Å². The number of ether oxygens (including phenoxy) is 1. The van der Waals surface area contributed by atoms with Gasteiger partial charge < -0.3 is 30.0 Å². The molecule has 108 valence electrons. The third-order valence-corrected chi connectivity index (χ3v) is 2.71. The Morgan fingerprint density at radius 3 is 2.28 bits per heavy atom. The first-order chi connectivity index (χ1) is 8.58. The summed E-state index contributed by atoms with van der Waals surface area (Å²) in [6.07, 6.45) is -1.56. The highest BCUT2D eigenvalue weighted by atomic mass is 16.5. The Hall–Kier alpha value is -0.530. The lowest BCUT2D eigenvalue weighted by Gasteiger charge is -2.25. The highest BCUT2D eigenvalue weighted by Crippen LogP contribution is 2.08. The van der Waals surface area contributed by atoms with Crippen LogP contribution in [0.2, 0.25) is 0 Å². The Bertz CT molecular complexity index is 211. The highest BCUT2D eigenvalue weighted by molar-refractivity contribution is 5.57. The molecule has 0 aromatic carbocycles. The maximum Gasteiger partial charge on any atom is 0.151 e. The van der Waals surface area contributed by atoms with Gasteiger partial charge in [0.15, 0.2) is 6.29 Å². The van der Waals surface area contributed by atoms with Crippen LogP contribution in [0.4, 0.5) is 0 Å². The van der Waals surface area contributed by atoms with Crippen LogP contribution in [0.1, 0.15) is 32.6 Å². The maximum absolute atomic E-state index is 10.7. The monoisotopic (exact) mass is 264 g/mol. The van der Waals surface area contributed by atoms with Gasteiger partial charge in [-0.05, 0) is 6.42 Å². The van der Waals surface area contributed by atoms with Crippen LogP contribution in [0.25, 0.3) is 0 Å². The standard InChI is InChI=1S/C12H24O6/c1-2-3-4-5-6-18-10(8-14)12(17)11(16)9(15)7-13/h8-13,15-17H,2-7H2,1H3/t9-,10+,11-,12-/m1/s1. The summed E-state index contributed by atoms with van der Waals surface area (Å²) in [6.45, 7) is 1.69. The van der Waals surface area contributed by atoms with E-state index in [1.165, 1.54) is 0 Å². The van der Waals surface area contributed by atoms with E-state index in [0.717, 1.165) is 25.7 Å². The van der Waals surface area contributed by atoms with E-state index in [2.05, 4.69) is 6.92 Å². The van der Waals surface area contributed by atoms with Gasteiger partial charge in [-0.1, -0.05) is 26.2 Å². The predicted molar refractivity (Wildman–Crippen MR) is 65.1 cm³/mol. The van der Waals surface area contributed by atoms with Crippen molar-refractivity contribution in [3.05, 3.63) is 0 Å². The van der Waals surface area contributed by atoms with E-state index in [4.69, 9.17) is 14.9 Å². The lowest BCUT2D eigenvalue weighted by atomic mass is 10.0. The zero-order valence-electron chi connectivity index (χ0n) is 10.7. The molecule has 0 saturated heterocycles. The largest absolute Gasteiger partial charge is 0.394 e. The molecule has 0 radical (unpaired) electrons. The van der Waals surface area contributed by atoms with E-state index < -0.39 is 31.0 Å². The van der Waals surface area contributed by atoms with Gasteiger partial charge in [-0.2, -0.15) is 0 Å². The first-order valence-electron chi connectivity index (χ1n) is 6.30. The van der Waals surface area contributed by atoms with Crippen LogP contribution in [0.3, 0.4) is 0 Å². The summed E-state index contributed by atoms with van der Waals surface area (Å²) in [5, 5.41) is 36.8. The number of aldehydes is 1. The molecule has 0 heterocycles. The van der Waals surface area contributed by atoms with Crippen molar-refractivity contribution in [2.75, 3.05) is 13.2 Å². The van der Waals surface area contributed by atoms with E-state index in [-0.39, 0.29) is 0 Å². The van der Waals surface area contributed by atoms with Gasteiger partial charge in [0.05, 0.1) is 6.61 Å². The Morgan fingerprint density at radius 2 is 1.78 bits per heavy atom. The van der Waals surface area contributed by atoms with Gasteiger partial charge in [0.1, 0.15) is 24.4 Å². The Kier molecular flexibility index (Phi) is 10.1. The van der Waals surface area contributed by atoms with Gasteiger partial charge in [0.2, 0.25) is 0 Å². The van der Waals surface area contributed by atoms with E-state index >= 15 is 0 Å². The molecule has 0 spiro atoms. The third kappa shape index (κ3) is 6.42. The van der Waals surface area contributed by atoms with Gasteiger partial charge >= 0.3 is 0 Å². The fourth-order valence-electron chi connectivity index (χ4n) is 1.50. The smallest absolute Gasteiger partial charge is 0.151 e. The molecule has 0 fully saturated rings. The maximum atomic E-state index is 10.7. The van der Waals surface area contributed by atoms with Crippen LogP contribution in [-0.2, 0) is 9.53 Å². The number of carbonyl (C=O) groups is 1. The Balaban J connectivity index is 4.03. The fourth-order valence-corrected chi connectivity index (χ4v) is 1.50. The summed E-state index contributed by atoms with van der Waals surface area (Å²) >= 11 is 0. The molecule has 4 atom stereocenters. The van der Waals surface area contributed by atoms with Gasteiger partial charge in [0, 0.05) is 6.61 Å². The molecule has 6 nitrogen and oxygen atoms in total.